The summed E-state index contributed by atoms with van der Waals surface area (Å²) in [6.07, 6.45) is 0.928. The molecule has 0 saturated carbocycles. The number of ether oxygens (including phenoxy) is 3. The number of likely N-dealkylation sites (tertiary alicyclic amines) is 1. The van der Waals surface area contributed by atoms with Crippen molar-refractivity contribution in [2.24, 2.45) is 11.1 Å². The van der Waals surface area contributed by atoms with E-state index in [9.17, 15) is 4.79 Å². The monoisotopic (exact) mass is 306 g/mol. The lowest BCUT2D eigenvalue weighted by atomic mass is 9.90. The first-order chi connectivity index (χ1) is 10.6. The maximum Gasteiger partial charge on any atom is 0.254 e. The maximum atomic E-state index is 12.7. The van der Waals surface area contributed by atoms with Gasteiger partial charge in [0.25, 0.3) is 5.91 Å². The summed E-state index contributed by atoms with van der Waals surface area (Å²) in [6.45, 7) is 5.06. The van der Waals surface area contributed by atoms with E-state index in [-0.39, 0.29) is 11.3 Å². The van der Waals surface area contributed by atoms with E-state index < -0.39 is 0 Å². The Kier molecular flexibility index (Phi) is 3.87. The van der Waals surface area contributed by atoms with Gasteiger partial charge < -0.3 is 24.8 Å². The van der Waals surface area contributed by atoms with Crippen molar-refractivity contribution < 1.29 is 19.0 Å². The van der Waals surface area contributed by atoms with Crippen molar-refractivity contribution in [1.82, 2.24) is 4.90 Å². The van der Waals surface area contributed by atoms with Crippen LogP contribution in [0, 0.1) is 5.41 Å². The van der Waals surface area contributed by atoms with Gasteiger partial charge in [-0.05, 0) is 30.5 Å². The number of methoxy groups -OCH3 is 1. The Morgan fingerprint density at radius 2 is 2.18 bits per heavy atom. The zero-order chi connectivity index (χ0) is 15.7. The molecule has 22 heavy (non-hydrogen) atoms. The minimum atomic E-state index is -0.0209. The van der Waals surface area contributed by atoms with Crippen LogP contribution in [0.3, 0.4) is 0 Å². The van der Waals surface area contributed by atoms with E-state index in [4.69, 9.17) is 19.9 Å². The smallest absolute Gasteiger partial charge is 0.254 e. The SMILES string of the molecule is COc1cc(C(=O)N2CCC(C)(CN)C2)cc2c1OCCO2. The van der Waals surface area contributed by atoms with Gasteiger partial charge in [0.1, 0.15) is 13.2 Å². The molecule has 6 heteroatoms. The quantitative estimate of drug-likeness (QED) is 0.910. The van der Waals surface area contributed by atoms with Crippen LogP contribution in [0.5, 0.6) is 17.2 Å². The number of hydrogen-bond donors (Lipinski definition) is 1. The molecule has 1 atom stereocenters. The molecule has 0 radical (unpaired) electrons. The van der Waals surface area contributed by atoms with Crippen molar-refractivity contribution >= 4 is 5.91 Å². The summed E-state index contributed by atoms with van der Waals surface area (Å²) in [7, 11) is 1.56. The minimum absolute atomic E-state index is 0.00751. The van der Waals surface area contributed by atoms with Crippen LogP contribution in [-0.4, -0.2) is 50.8 Å². The van der Waals surface area contributed by atoms with Gasteiger partial charge in [0.2, 0.25) is 5.75 Å². The average molecular weight is 306 g/mol. The fraction of sp³-hybridized carbons (Fsp3) is 0.562. The molecule has 1 aromatic rings. The van der Waals surface area contributed by atoms with Gasteiger partial charge in [-0.3, -0.25) is 4.79 Å². The van der Waals surface area contributed by atoms with Gasteiger partial charge in [-0.1, -0.05) is 6.92 Å². The second kappa shape index (κ2) is 5.68. The van der Waals surface area contributed by atoms with E-state index in [0.29, 0.717) is 49.1 Å². The van der Waals surface area contributed by atoms with Crippen LogP contribution in [0.4, 0.5) is 0 Å². The first-order valence-electron chi connectivity index (χ1n) is 7.53. The molecule has 1 amide bonds. The van der Waals surface area contributed by atoms with Crippen molar-refractivity contribution in [2.45, 2.75) is 13.3 Å². The molecule has 1 saturated heterocycles. The van der Waals surface area contributed by atoms with Crippen LogP contribution in [-0.2, 0) is 0 Å². The highest BCUT2D eigenvalue weighted by molar-refractivity contribution is 5.96. The van der Waals surface area contributed by atoms with Crippen molar-refractivity contribution in [3.05, 3.63) is 17.7 Å². The molecule has 0 bridgehead atoms. The van der Waals surface area contributed by atoms with Crippen LogP contribution in [0.1, 0.15) is 23.7 Å². The van der Waals surface area contributed by atoms with Crippen molar-refractivity contribution in [3.8, 4) is 17.2 Å². The molecule has 1 fully saturated rings. The van der Waals surface area contributed by atoms with Crippen LogP contribution in [0.15, 0.2) is 12.1 Å². The van der Waals surface area contributed by atoms with Gasteiger partial charge >= 0.3 is 0 Å². The average Bonchev–Trinajstić information content (AvgIpc) is 2.96. The molecule has 1 unspecified atom stereocenters. The Morgan fingerprint density at radius 3 is 2.86 bits per heavy atom. The third-order valence-corrected chi connectivity index (χ3v) is 4.41. The summed E-state index contributed by atoms with van der Waals surface area (Å²) >= 11 is 0. The molecule has 2 aliphatic heterocycles. The van der Waals surface area contributed by atoms with Gasteiger partial charge in [0, 0.05) is 18.7 Å². The zero-order valence-corrected chi connectivity index (χ0v) is 13.1. The molecule has 0 spiro atoms. The lowest BCUT2D eigenvalue weighted by Gasteiger charge is -2.24. The number of fused-ring (bicyclic) bond motifs is 1. The summed E-state index contributed by atoms with van der Waals surface area (Å²) in [6, 6.07) is 3.45. The third-order valence-electron chi connectivity index (χ3n) is 4.41. The molecule has 120 valence electrons. The van der Waals surface area contributed by atoms with Crippen molar-refractivity contribution in [1.29, 1.82) is 0 Å². The summed E-state index contributed by atoms with van der Waals surface area (Å²) in [5, 5.41) is 0. The Bertz CT molecular complexity index is 573. The second-order valence-corrected chi connectivity index (χ2v) is 6.19. The number of rotatable bonds is 3. The normalized spacial score (nSPS) is 23.5. The molecular weight excluding hydrogens is 284 g/mol. The van der Waals surface area contributed by atoms with Gasteiger partial charge in [0.05, 0.1) is 7.11 Å². The van der Waals surface area contributed by atoms with Crippen LogP contribution in [0.2, 0.25) is 0 Å². The molecule has 1 aromatic carbocycles. The van der Waals surface area contributed by atoms with Crippen molar-refractivity contribution in [3.63, 3.8) is 0 Å². The molecular formula is C16H22N2O4. The summed E-state index contributed by atoms with van der Waals surface area (Å²) in [5.74, 6) is 1.64. The molecule has 2 heterocycles. The molecule has 0 aromatic heterocycles. The largest absolute Gasteiger partial charge is 0.493 e. The van der Waals surface area contributed by atoms with E-state index in [1.165, 1.54) is 0 Å². The van der Waals surface area contributed by atoms with E-state index in [1.807, 2.05) is 4.90 Å². The Morgan fingerprint density at radius 1 is 1.41 bits per heavy atom. The Balaban J connectivity index is 1.87. The number of nitrogens with zero attached hydrogens (tertiary/aromatic N) is 1. The minimum Gasteiger partial charge on any atom is -0.493 e. The molecule has 0 aliphatic carbocycles. The maximum absolute atomic E-state index is 12.7. The highest BCUT2D eigenvalue weighted by Gasteiger charge is 2.35. The number of benzene rings is 1. The number of carbonyl (C=O) groups excluding carboxylic acids is 1. The second-order valence-electron chi connectivity index (χ2n) is 6.19. The van der Waals surface area contributed by atoms with Gasteiger partial charge in [0.15, 0.2) is 11.5 Å². The number of nitrogens with two attached hydrogens (primary N) is 1. The summed E-state index contributed by atoms with van der Waals surface area (Å²) in [5.41, 5.74) is 6.38. The van der Waals surface area contributed by atoms with E-state index in [0.717, 1.165) is 13.0 Å². The van der Waals surface area contributed by atoms with Crippen LogP contribution in [0.25, 0.3) is 0 Å². The first-order valence-corrected chi connectivity index (χ1v) is 7.53. The summed E-state index contributed by atoms with van der Waals surface area (Å²) in [4.78, 5) is 14.6. The zero-order valence-electron chi connectivity index (χ0n) is 13.1. The topological polar surface area (TPSA) is 74.0 Å². The standard InChI is InChI=1S/C16H22N2O4/c1-16(9-17)3-4-18(10-16)15(19)11-7-12(20-2)14-13(8-11)21-5-6-22-14/h7-8H,3-6,9-10,17H2,1-2H3. The number of hydrogen-bond acceptors (Lipinski definition) is 5. The third kappa shape index (κ3) is 2.59. The fourth-order valence-electron chi connectivity index (χ4n) is 2.94. The predicted molar refractivity (Wildman–Crippen MR) is 81.7 cm³/mol. The van der Waals surface area contributed by atoms with Crippen LogP contribution < -0.4 is 19.9 Å². The van der Waals surface area contributed by atoms with E-state index in [2.05, 4.69) is 6.92 Å². The van der Waals surface area contributed by atoms with E-state index >= 15 is 0 Å². The molecule has 3 rings (SSSR count). The first kappa shape index (κ1) is 15.0. The highest BCUT2D eigenvalue weighted by Crippen LogP contribution is 2.41. The van der Waals surface area contributed by atoms with Gasteiger partial charge in [-0.25, -0.2) is 0 Å². The lowest BCUT2D eigenvalue weighted by molar-refractivity contribution is 0.0775. The number of carbonyl (C=O) groups is 1. The van der Waals surface area contributed by atoms with Gasteiger partial charge in [-0.15, -0.1) is 0 Å². The van der Waals surface area contributed by atoms with Crippen molar-refractivity contribution in [2.75, 3.05) is 40.0 Å². The van der Waals surface area contributed by atoms with Crippen LogP contribution >= 0.6 is 0 Å². The molecule has 2 aliphatic rings. The molecule has 6 nitrogen and oxygen atoms in total. The van der Waals surface area contributed by atoms with E-state index in [1.54, 1.807) is 19.2 Å². The Labute approximate surface area is 130 Å². The predicted octanol–water partition coefficient (Wildman–Crippen LogP) is 1.28. The fourth-order valence-corrected chi connectivity index (χ4v) is 2.94. The number of amides is 1. The molecule has 2 N–H and O–H groups in total. The summed E-state index contributed by atoms with van der Waals surface area (Å²) < 4.78 is 16.5. The Hall–Kier alpha value is -1.95. The van der Waals surface area contributed by atoms with Gasteiger partial charge in [-0.2, -0.15) is 0 Å². The lowest BCUT2D eigenvalue weighted by Crippen LogP contribution is -2.34. The highest BCUT2D eigenvalue weighted by atomic mass is 16.6.